The van der Waals surface area contributed by atoms with Gasteiger partial charge in [0.1, 0.15) is 5.78 Å². The molecule has 4 fully saturated rings. The van der Waals surface area contributed by atoms with Gasteiger partial charge in [0.05, 0.1) is 5.41 Å². The minimum atomic E-state index is -0.380. The molecule has 0 radical (unpaired) electrons. The van der Waals surface area contributed by atoms with Crippen LogP contribution in [0.3, 0.4) is 0 Å². The lowest BCUT2D eigenvalue weighted by Crippen LogP contribution is -2.60. The van der Waals surface area contributed by atoms with Gasteiger partial charge in [-0.2, -0.15) is 0 Å². The maximum atomic E-state index is 13.4. The van der Waals surface area contributed by atoms with E-state index in [1.54, 1.807) is 0 Å². The molecule has 3 nitrogen and oxygen atoms in total. The third-order valence-corrected chi connectivity index (χ3v) is 7.32. The van der Waals surface area contributed by atoms with Crippen LogP contribution < -0.4 is 0 Å². The van der Waals surface area contributed by atoms with E-state index < -0.39 is 0 Å². The number of hydrogen-bond donors (Lipinski definition) is 0. The standard InChI is InChI=1S/C18H23NO2/c1-10-8-19-9-11-4-5-15(20)13-3-2-6-18(13)16(11)14(19)7-12(10)17(18)21/h3,10-12,14,16H,2,4-9H2,1H3/t10-,11?,12?,14?,16?,18?/m1/s1. The number of nitrogens with zero attached hydrogens (tertiary/aromatic N) is 1. The smallest absolute Gasteiger partial charge is 0.159 e. The summed E-state index contributed by atoms with van der Waals surface area (Å²) in [6, 6.07) is 0.571. The molecule has 6 atom stereocenters. The number of carbonyl (C=O) groups excluding carboxylic acids is 2. The molecule has 2 saturated carbocycles. The Labute approximate surface area is 125 Å². The van der Waals surface area contributed by atoms with E-state index in [1.165, 1.54) is 0 Å². The third-order valence-electron chi connectivity index (χ3n) is 7.32. The summed E-state index contributed by atoms with van der Waals surface area (Å²) in [5.74, 6) is 2.40. The molecule has 5 rings (SSSR count). The van der Waals surface area contributed by atoms with Crippen LogP contribution in [-0.4, -0.2) is 35.6 Å². The van der Waals surface area contributed by atoms with Gasteiger partial charge in [-0.15, -0.1) is 0 Å². The second kappa shape index (κ2) is 3.87. The molecule has 0 aromatic rings. The number of rotatable bonds is 0. The van der Waals surface area contributed by atoms with Gasteiger partial charge in [0.15, 0.2) is 5.78 Å². The third kappa shape index (κ3) is 1.31. The van der Waals surface area contributed by atoms with Crippen molar-refractivity contribution in [2.75, 3.05) is 13.1 Å². The summed E-state index contributed by atoms with van der Waals surface area (Å²) in [7, 11) is 0. The number of Topliss-reactive ketones (excluding diaryl/α,β-unsaturated/α-hetero) is 2. The maximum absolute atomic E-state index is 13.4. The summed E-state index contributed by atoms with van der Waals surface area (Å²) in [5, 5.41) is 0. The summed E-state index contributed by atoms with van der Waals surface area (Å²) < 4.78 is 0. The van der Waals surface area contributed by atoms with Crippen molar-refractivity contribution in [1.29, 1.82) is 0 Å². The summed E-state index contributed by atoms with van der Waals surface area (Å²) in [5.41, 5.74) is 0.556. The molecular weight excluding hydrogens is 262 g/mol. The van der Waals surface area contributed by atoms with Crippen molar-refractivity contribution < 1.29 is 9.59 Å². The Morgan fingerprint density at radius 1 is 1.29 bits per heavy atom. The Kier molecular flexibility index (Phi) is 2.31. The van der Waals surface area contributed by atoms with E-state index >= 15 is 0 Å². The fraction of sp³-hybridized carbons (Fsp3) is 0.778. The molecule has 3 heteroatoms. The molecule has 2 saturated heterocycles. The Morgan fingerprint density at radius 2 is 2.14 bits per heavy atom. The van der Waals surface area contributed by atoms with Crippen LogP contribution in [0.4, 0.5) is 0 Å². The fourth-order valence-electron chi connectivity index (χ4n) is 6.63. The van der Waals surface area contributed by atoms with E-state index in [2.05, 4.69) is 17.9 Å². The largest absolute Gasteiger partial charge is 0.299 e. The molecule has 2 aliphatic heterocycles. The highest BCUT2D eigenvalue weighted by Crippen LogP contribution is 2.63. The van der Waals surface area contributed by atoms with Crippen molar-refractivity contribution in [3.63, 3.8) is 0 Å². The molecule has 2 bridgehead atoms. The lowest BCUT2D eigenvalue weighted by molar-refractivity contribution is -0.147. The summed E-state index contributed by atoms with van der Waals surface area (Å²) >= 11 is 0. The van der Waals surface area contributed by atoms with Gasteiger partial charge in [-0.1, -0.05) is 13.0 Å². The molecule has 21 heavy (non-hydrogen) atoms. The molecular formula is C18H23NO2. The molecule has 112 valence electrons. The van der Waals surface area contributed by atoms with E-state index in [0.29, 0.717) is 36.0 Å². The van der Waals surface area contributed by atoms with E-state index in [4.69, 9.17) is 0 Å². The van der Waals surface area contributed by atoms with E-state index in [9.17, 15) is 9.59 Å². The molecule has 2 heterocycles. The Hall–Kier alpha value is -0.960. The van der Waals surface area contributed by atoms with Crippen molar-refractivity contribution in [3.05, 3.63) is 11.6 Å². The molecule has 3 aliphatic carbocycles. The van der Waals surface area contributed by atoms with Gasteiger partial charge in [-0.05, 0) is 43.4 Å². The minimum Gasteiger partial charge on any atom is -0.299 e. The number of ketones is 2. The monoisotopic (exact) mass is 285 g/mol. The van der Waals surface area contributed by atoms with Gasteiger partial charge in [0.25, 0.3) is 0 Å². The van der Waals surface area contributed by atoms with Crippen LogP contribution in [-0.2, 0) is 9.59 Å². The number of fused-ring (bicyclic) bond motifs is 1. The number of piperidine rings is 1. The first-order valence-corrected chi connectivity index (χ1v) is 8.65. The van der Waals surface area contributed by atoms with E-state index in [0.717, 1.165) is 44.3 Å². The molecule has 0 amide bonds. The highest BCUT2D eigenvalue weighted by atomic mass is 16.1. The molecule has 5 aliphatic rings. The Balaban J connectivity index is 1.74. The number of allylic oxidation sites excluding steroid dienone is 2. The van der Waals surface area contributed by atoms with Gasteiger partial charge in [-0.25, -0.2) is 0 Å². The molecule has 5 unspecified atom stereocenters. The first kappa shape index (κ1) is 12.6. The quantitative estimate of drug-likeness (QED) is 0.685. The second-order valence-corrected chi connectivity index (χ2v) is 8.08. The van der Waals surface area contributed by atoms with Gasteiger partial charge in [0, 0.05) is 37.0 Å². The van der Waals surface area contributed by atoms with Gasteiger partial charge in [-0.3, -0.25) is 14.5 Å². The van der Waals surface area contributed by atoms with Gasteiger partial charge >= 0.3 is 0 Å². The SMILES string of the molecule is C[C@@H]1CN2CC3CCC(=O)C4=CCCC45C(=O)C1CC2C35. The fourth-order valence-corrected chi connectivity index (χ4v) is 6.63. The lowest BCUT2D eigenvalue weighted by Gasteiger charge is -2.53. The number of carbonyl (C=O) groups is 2. The Morgan fingerprint density at radius 3 is 3.00 bits per heavy atom. The lowest BCUT2D eigenvalue weighted by atomic mass is 9.53. The average molecular weight is 285 g/mol. The van der Waals surface area contributed by atoms with Crippen molar-refractivity contribution in [1.82, 2.24) is 4.90 Å². The van der Waals surface area contributed by atoms with Crippen LogP contribution in [0.5, 0.6) is 0 Å². The van der Waals surface area contributed by atoms with Crippen LogP contribution >= 0.6 is 0 Å². The van der Waals surface area contributed by atoms with E-state index in [1.807, 2.05) is 0 Å². The zero-order valence-corrected chi connectivity index (χ0v) is 12.7. The topological polar surface area (TPSA) is 37.4 Å². The summed E-state index contributed by atoms with van der Waals surface area (Å²) in [6.07, 6.45) is 6.71. The van der Waals surface area contributed by atoms with Crippen LogP contribution in [0.15, 0.2) is 11.6 Å². The summed E-state index contributed by atoms with van der Waals surface area (Å²) in [4.78, 5) is 28.7. The van der Waals surface area contributed by atoms with Crippen molar-refractivity contribution >= 4 is 11.6 Å². The first-order valence-electron chi connectivity index (χ1n) is 8.65. The number of hydrogen-bond acceptors (Lipinski definition) is 3. The maximum Gasteiger partial charge on any atom is 0.159 e. The second-order valence-electron chi connectivity index (χ2n) is 8.08. The minimum absolute atomic E-state index is 0.202. The van der Waals surface area contributed by atoms with Gasteiger partial charge < -0.3 is 0 Å². The molecule has 0 N–H and O–H groups in total. The van der Waals surface area contributed by atoms with E-state index in [-0.39, 0.29) is 17.1 Å². The predicted molar refractivity (Wildman–Crippen MR) is 78.6 cm³/mol. The zero-order valence-electron chi connectivity index (χ0n) is 12.7. The van der Waals surface area contributed by atoms with Crippen LogP contribution in [0.1, 0.15) is 39.0 Å². The highest BCUT2D eigenvalue weighted by molar-refractivity contribution is 6.07. The van der Waals surface area contributed by atoms with Crippen molar-refractivity contribution in [2.45, 2.75) is 45.1 Å². The molecule has 1 spiro atoms. The van der Waals surface area contributed by atoms with Crippen LogP contribution in [0.2, 0.25) is 0 Å². The van der Waals surface area contributed by atoms with Crippen LogP contribution in [0.25, 0.3) is 0 Å². The molecule has 0 aromatic heterocycles. The summed E-state index contributed by atoms with van der Waals surface area (Å²) in [6.45, 7) is 4.46. The Bertz CT molecular complexity index is 580. The van der Waals surface area contributed by atoms with Gasteiger partial charge in [0.2, 0.25) is 0 Å². The van der Waals surface area contributed by atoms with Crippen LogP contribution in [0, 0.1) is 29.1 Å². The highest BCUT2D eigenvalue weighted by Gasteiger charge is 2.67. The van der Waals surface area contributed by atoms with Crippen molar-refractivity contribution in [3.8, 4) is 0 Å². The van der Waals surface area contributed by atoms with Crippen molar-refractivity contribution in [2.24, 2.45) is 29.1 Å². The average Bonchev–Trinajstić information content (AvgIpc) is 3.02. The zero-order chi connectivity index (χ0) is 14.4. The first-order chi connectivity index (χ1) is 10.1. The normalized spacial score (nSPS) is 51.7. The predicted octanol–water partition coefficient (Wildman–Crippen LogP) is 2.21. The molecule has 0 aromatic carbocycles.